The molecule has 0 aliphatic heterocycles. The third-order valence-electron chi connectivity index (χ3n) is 3.07. The summed E-state index contributed by atoms with van der Waals surface area (Å²) in [5, 5.41) is 9.32. The van der Waals surface area contributed by atoms with Gasteiger partial charge in [0, 0.05) is 25.3 Å². The predicted molar refractivity (Wildman–Crippen MR) is 73.2 cm³/mol. The number of nitrogens with two attached hydrogens (primary N) is 1. The van der Waals surface area contributed by atoms with Gasteiger partial charge in [0.15, 0.2) is 0 Å². The van der Waals surface area contributed by atoms with Crippen LogP contribution in [0.1, 0.15) is 38.3 Å². The van der Waals surface area contributed by atoms with Gasteiger partial charge in [0.1, 0.15) is 0 Å². The summed E-state index contributed by atoms with van der Waals surface area (Å²) in [7, 11) is 2.05. The Morgan fingerprint density at radius 1 is 1.35 bits per heavy atom. The summed E-state index contributed by atoms with van der Waals surface area (Å²) in [6.45, 7) is 4.75. The van der Waals surface area contributed by atoms with E-state index >= 15 is 0 Å². The fraction of sp³-hybridized carbons (Fsp3) is 0.571. The van der Waals surface area contributed by atoms with Gasteiger partial charge in [-0.1, -0.05) is 25.1 Å². The molecule has 0 fully saturated rings. The lowest BCUT2D eigenvalue weighted by molar-refractivity contribution is 0.187. The lowest BCUT2D eigenvalue weighted by atomic mass is 10.0. The van der Waals surface area contributed by atoms with Crippen molar-refractivity contribution >= 4 is 5.69 Å². The molecule has 3 nitrogen and oxygen atoms in total. The third kappa shape index (κ3) is 4.02. The highest BCUT2D eigenvalue weighted by atomic mass is 16.3. The molecule has 0 saturated carbocycles. The Labute approximate surface area is 104 Å². The van der Waals surface area contributed by atoms with Crippen LogP contribution in [0.3, 0.4) is 0 Å². The summed E-state index contributed by atoms with van der Waals surface area (Å²) < 4.78 is 0. The number of benzene rings is 1. The monoisotopic (exact) mass is 236 g/mol. The highest BCUT2D eigenvalue weighted by Crippen LogP contribution is 2.26. The maximum absolute atomic E-state index is 9.32. The van der Waals surface area contributed by atoms with E-state index in [0.717, 1.165) is 19.4 Å². The molecule has 1 aromatic rings. The number of nitrogens with zero attached hydrogens (tertiary/aromatic N) is 1. The first-order chi connectivity index (χ1) is 8.06. The van der Waals surface area contributed by atoms with Crippen LogP contribution in [0, 0.1) is 0 Å². The maximum Gasteiger partial charge on any atom is 0.0528 e. The zero-order chi connectivity index (χ0) is 12.8. The number of anilines is 1. The molecule has 96 valence electrons. The molecule has 0 radical (unpaired) electrons. The Morgan fingerprint density at radius 3 is 2.59 bits per heavy atom. The van der Waals surface area contributed by atoms with Crippen LogP contribution in [0.2, 0.25) is 0 Å². The SMILES string of the molecule is CC[C@@H](N)c1ccccc1N(C)CCC(C)O. The molecule has 0 aromatic heterocycles. The van der Waals surface area contributed by atoms with Gasteiger partial charge in [0.2, 0.25) is 0 Å². The molecule has 0 heterocycles. The number of aliphatic hydroxyl groups is 1. The summed E-state index contributed by atoms with van der Waals surface area (Å²) in [6.07, 6.45) is 1.44. The van der Waals surface area contributed by atoms with Crippen LogP contribution in [-0.4, -0.2) is 24.8 Å². The van der Waals surface area contributed by atoms with Crippen molar-refractivity contribution in [3.63, 3.8) is 0 Å². The Morgan fingerprint density at radius 2 is 2.00 bits per heavy atom. The molecule has 2 atom stereocenters. The molecule has 3 N–H and O–H groups in total. The topological polar surface area (TPSA) is 49.5 Å². The Balaban J connectivity index is 2.81. The van der Waals surface area contributed by atoms with Crippen molar-refractivity contribution in [2.24, 2.45) is 5.73 Å². The van der Waals surface area contributed by atoms with Crippen LogP contribution >= 0.6 is 0 Å². The van der Waals surface area contributed by atoms with Crippen LogP contribution in [0.5, 0.6) is 0 Å². The molecule has 1 unspecified atom stereocenters. The van der Waals surface area contributed by atoms with Crippen molar-refractivity contribution in [1.29, 1.82) is 0 Å². The zero-order valence-corrected chi connectivity index (χ0v) is 11.1. The highest BCUT2D eigenvalue weighted by molar-refractivity contribution is 5.54. The number of rotatable bonds is 6. The van der Waals surface area contributed by atoms with E-state index in [9.17, 15) is 5.11 Å². The third-order valence-corrected chi connectivity index (χ3v) is 3.07. The van der Waals surface area contributed by atoms with Gasteiger partial charge >= 0.3 is 0 Å². The van der Waals surface area contributed by atoms with E-state index in [1.165, 1.54) is 11.3 Å². The Hall–Kier alpha value is -1.06. The lowest BCUT2D eigenvalue weighted by Crippen LogP contribution is -2.24. The summed E-state index contributed by atoms with van der Waals surface area (Å²) in [5.74, 6) is 0. The van der Waals surface area contributed by atoms with Crippen molar-refractivity contribution in [3.8, 4) is 0 Å². The number of para-hydroxylation sites is 1. The van der Waals surface area contributed by atoms with Crippen molar-refractivity contribution in [1.82, 2.24) is 0 Å². The quantitative estimate of drug-likeness (QED) is 0.797. The summed E-state index contributed by atoms with van der Waals surface area (Å²) in [5.41, 5.74) is 8.47. The van der Waals surface area contributed by atoms with Crippen molar-refractivity contribution in [3.05, 3.63) is 29.8 Å². The average molecular weight is 236 g/mol. The maximum atomic E-state index is 9.32. The first kappa shape index (κ1) is 14.0. The van der Waals surface area contributed by atoms with E-state index in [1.807, 2.05) is 26.1 Å². The van der Waals surface area contributed by atoms with Crippen LogP contribution in [0.25, 0.3) is 0 Å². The second-order valence-electron chi connectivity index (χ2n) is 4.63. The van der Waals surface area contributed by atoms with Crippen molar-refractivity contribution in [2.45, 2.75) is 38.8 Å². The molecular weight excluding hydrogens is 212 g/mol. The van der Waals surface area contributed by atoms with E-state index in [0.29, 0.717) is 0 Å². The summed E-state index contributed by atoms with van der Waals surface area (Å²) in [6, 6.07) is 8.31. The van der Waals surface area contributed by atoms with Gasteiger partial charge in [-0.3, -0.25) is 0 Å². The van der Waals surface area contributed by atoms with Crippen LogP contribution < -0.4 is 10.6 Å². The minimum absolute atomic E-state index is 0.0835. The van der Waals surface area contributed by atoms with Crippen molar-refractivity contribution < 1.29 is 5.11 Å². The zero-order valence-electron chi connectivity index (χ0n) is 11.1. The molecule has 3 heteroatoms. The molecule has 0 spiro atoms. The smallest absolute Gasteiger partial charge is 0.0528 e. The number of hydrogen-bond acceptors (Lipinski definition) is 3. The fourth-order valence-electron chi connectivity index (χ4n) is 1.87. The lowest BCUT2D eigenvalue weighted by Gasteiger charge is -2.25. The fourth-order valence-corrected chi connectivity index (χ4v) is 1.87. The largest absolute Gasteiger partial charge is 0.393 e. The van der Waals surface area contributed by atoms with Gasteiger partial charge in [-0.05, 0) is 31.4 Å². The Bertz CT molecular complexity index is 339. The van der Waals surface area contributed by atoms with Gasteiger partial charge in [0.05, 0.1) is 6.10 Å². The predicted octanol–water partition coefficient (Wildman–Crippen LogP) is 2.30. The second kappa shape index (κ2) is 6.62. The van der Waals surface area contributed by atoms with Gasteiger partial charge in [-0.15, -0.1) is 0 Å². The summed E-state index contributed by atoms with van der Waals surface area (Å²) >= 11 is 0. The normalized spacial score (nSPS) is 14.4. The molecule has 0 bridgehead atoms. The number of aliphatic hydroxyl groups excluding tert-OH is 1. The minimum Gasteiger partial charge on any atom is -0.393 e. The van der Waals surface area contributed by atoms with E-state index in [1.54, 1.807) is 0 Å². The molecule has 0 saturated heterocycles. The molecular formula is C14H24N2O. The van der Waals surface area contributed by atoms with Crippen LogP contribution in [0.15, 0.2) is 24.3 Å². The standard InChI is InChI=1S/C14H24N2O/c1-4-13(15)12-7-5-6-8-14(12)16(3)10-9-11(2)17/h5-8,11,13,17H,4,9-10,15H2,1-3H3/t11?,13-/m1/s1. The van der Waals surface area contributed by atoms with Gasteiger partial charge < -0.3 is 15.7 Å². The van der Waals surface area contributed by atoms with Gasteiger partial charge in [-0.25, -0.2) is 0 Å². The molecule has 1 rings (SSSR count). The van der Waals surface area contributed by atoms with E-state index in [2.05, 4.69) is 24.0 Å². The molecule has 0 amide bonds. The second-order valence-corrected chi connectivity index (χ2v) is 4.63. The van der Waals surface area contributed by atoms with Gasteiger partial charge in [0.25, 0.3) is 0 Å². The van der Waals surface area contributed by atoms with Crippen LogP contribution in [-0.2, 0) is 0 Å². The first-order valence-electron chi connectivity index (χ1n) is 6.30. The van der Waals surface area contributed by atoms with E-state index in [-0.39, 0.29) is 12.1 Å². The van der Waals surface area contributed by atoms with Crippen molar-refractivity contribution in [2.75, 3.05) is 18.5 Å². The first-order valence-corrected chi connectivity index (χ1v) is 6.30. The molecule has 0 aliphatic carbocycles. The van der Waals surface area contributed by atoms with Gasteiger partial charge in [-0.2, -0.15) is 0 Å². The van der Waals surface area contributed by atoms with E-state index in [4.69, 9.17) is 5.73 Å². The van der Waals surface area contributed by atoms with Crippen LogP contribution in [0.4, 0.5) is 5.69 Å². The highest BCUT2D eigenvalue weighted by Gasteiger charge is 2.12. The minimum atomic E-state index is -0.260. The number of hydrogen-bond donors (Lipinski definition) is 2. The Kier molecular flexibility index (Phi) is 5.45. The molecule has 0 aliphatic rings. The van der Waals surface area contributed by atoms with E-state index < -0.39 is 0 Å². The average Bonchev–Trinajstić information content (AvgIpc) is 2.34. The molecule has 1 aromatic carbocycles. The summed E-state index contributed by atoms with van der Waals surface area (Å²) in [4.78, 5) is 2.16. The molecule has 17 heavy (non-hydrogen) atoms.